The van der Waals surface area contributed by atoms with E-state index in [0.717, 1.165) is 24.4 Å². The smallest absolute Gasteiger partial charge is 0.358 e. The number of aromatic nitrogens is 2. The minimum atomic E-state index is -4.04. The summed E-state index contributed by atoms with van der Waals surface area (Å²) in [6.45, 7) is 0. The maximum atomic E-state index is 12.9. The molecule has 2 aromatic rings. The average molecular weight is 298 g/mol. The van der Waals surface area contributed by atoms with Crippen molar-refractivity contribution in [3.8, 4) is 0 Å². The molecule has 0 bridgehead atoms. The Hall–Kier alpha value is -2.62. The molecule has 2 rings (SSSR count). The lowest BCUT2D eigenvalue weighted by atomic mass is 10.5. The topological polar surface area (TPSA) is 115 Å². The van der Waals surface area contributed by atoms with Crippen LogP contribution in [0.15, 0.2) is 41.4 Å². The van der Waals surface area contributed by atoms with E-state index in [1.807, 2.05) is 4.72 Å². The van der Waals surface area contributed by atoms with Gasteiger partial charge in [-0.15, -0.1) is 0 Å². The van der Waals surface area contributed by atoms with Crippen molar-refractivity contribution >= 4 is 21.7 Å². The molecular formula is C10H7FN4O4S. The number of rotatable bonds is 4. The van der Waals surface area contributed by atoms with Gasteiger partial charge in [-0.25, -0.2) is 13.4 Å². The highest BCUT2D eigenvalue weighted by atomic mass is 32.2. The van der Waals surface area contributed by atoms with Crippen molar-refractivity contribution in [1.82, 2.24) is 9.97 Å². The van der Waals surface area contributed by atoms with Gasteiger partial charge in [-0.3, -0.25) is 4.72 Å². The zero-order chi connectivity index (χ0) is 14.8. The summed E-state index contributed by atoms with van der Waals surface area (Å²) in [5.41, 5.74) is 0. The number of pyridine rings is 2. The zero-order valence-electron chi connectivity index (χ0n) is 9.72. The van der Waals surface area contributed by atoms with Crippen molar-refractivity contribution in [1.29, 1.82) is 0 Å². The van der Waals surface area contributed by atoms with Gasteiger partial charge in [-0.2, -0.15) is 4.39 Å². The standard InChI is InChI=1S/C10H7FN4O4S/c11-8-2-1-3-9(13-8)14-20(18,19)7-4-5-10(12-6-7)15(16)17/h1-6H,(H,13,14). The molecule has 0 aromatic carbocycles. The molecule has 0 aliphatic carbocycles. The Morgan fingerprint density at radius 2 is 2.00 bits per heavy atom. The molecule has 8 nitrogen and oxygen atoms in total. The summed E-state index contributed by atoms with van der Waals surface area (Å²) in [5.74, 6) is -1.52. The number of halogens is 1. The fourth-order valence-electron chi connectivity index (χ4n) is 1.30. The minimum Gasteiger partial charge on any atom is -0.358 e. The van der Waals surface area contributed by atoms with Crippen molar-refractivity contribution < 1.29 is 17.7 Å². The van der Waals surface area contributed by atoms with Crippen molar-refractivity contribution in [2.75, 3.05) is 4.72 Å². The van der Waals surface area contributed by atoms with Crippen LogP contribution in [-0.4, -0.2) is 23.3 Å². The van der Waals surface area contributed by atoms with Crippen LogP contribution < -0.4 is 4.72 Å². The van der Waals surface area contributed by atoms with Gasteiger partial charge in [0, 0.05) is 6.07 Å². The van der Waals surface area contributed by atoms with Gasteiger partial charge in [0.25, 0.3) is 10.0 Å². The lowest BCUT2D eigenvalue weighted by Crippen LogP contribution is -2.14. The lowest BCUT2D eigenvalue weighted by molar-refractivity contribution is -0.389. The maximum absolute atomic E-state index is 12.9. The van der Waals surface area contributed by atoms with E-state index in [1.165, 1.54) is 12.1 Å². The Bertz CT molecular complexity index is 748. The number of nitro groups is 1. The zero-order valence-corrected chi connectivity index (χ0v) is 10.5. The van der Waals surface area contributed by atoms with Gasteiger partial charge in [0.05, 0.1) is 0 Å². The molecular weight excluding hydrogens is 291 g/mol. The SMILES string of the molecule is O=[N+]([O-])c1ccc(S(=O)(=O)Nc2cccc(F)n2)cn1. The molecule has 0 radical (unpaired) electrons. The van der Waals surface area contributed by atoms with Gasteiger partial charge in [-0.05, 0) is 28.1 Å². The van der Waals surface area contributed by atoms with Crippen LogP contribution in [-0.2, 0) is 10.0 Å². The van der Waals surface area contributed by atoms with Gasteiger partial charge < -0.3 is 10.1 Å². The minimum absolute atomic E-state index is 0.205. The molecule has 0 aliphatic rings. The Morgan fingerprint density at radius 1 is 1.25 bits per heavy atom. The lowest BCUT2D eigenvalue weighted by Gasteiger charge is -2.05. The van der Waals surface area contributed by atoms with E-state index >= 15 is 0 Å². The molecule has 0 unspecified atom stereocenters. The first kappa shape index (κ1) is 13.8. The largest absolute Gasteiger partial charge is 0.363 e. The third kappa shape index (κ3) is 3.03. The first-order chi connectivity index (χ1) is 9.38. The molecule has 0 saturated heterocycles. The normalized spacial score (nSPS) is 11.1. The number of nitrogens with zero attached hydrogens (tertiary/aromatic N) is 3. The molecule has 0 aliphatic heterocycles. The number of sulfonamides is 1. The highest BCUT2D eigenvalue weighted by Gasteiger charge is 2.18. The molecule has 2 heterocycles. The second-order valence-electron chi connectivity index (χ2n) is 3.56. The van der Waals surface area contributed by atoms with Crippen LogP contribution in [0.4, 0.5) is 16.0 Å². The summed E-state index contributed by atoms with van der Waals surface area (Å²) in [7, 11) is -4.04. The Labute approximate surface area is 112 Å². The van der Waals surface area contributed by atoms with Gasteiger partial charge in [0.15, 0.2) is 6.20 Å². The highest BCUT2D eigenvalue weighted by Crippen LogP contribution is 2.15. The van der Waals surface area contributed by atoms with Crippen LogP contribution in [0.3, 0.4) is 0 Å². The molecule has 20 heavy (non-hydrogen) atoms. The molecule has 0 amide bonds. The van der Waals surface area contributed by atoms with Crippen molar-refractivity contribution in [2.45, 2.75) is 4.90 Å². The molecule has 2 aromatic heterocycles. The quantitative estimate of drug-likeness (QED) is 0.517. The van der Waals surface area contributed by atoms with E-state index in [1.54, 1.807) is 0 Å². The molecule has 0 saturated carbocycles. The number of anilines is 1. The second-order valence-corrected chi connectivity index (χ2v) is 5.24. The fourth-order valence-corrected chi connectivity index (χ4v) is 2.25. The summed E-state index contributed by atoms with van der Waals surface area (Å²) < 4.78 is 38.7. The number of hydrogen-bond donors (Lipinski definition) is 1. The summed E-state index contributed by atoms with van der Waals surface area (Å²) in [5, 5.41) is 10.4. The molecule has 104 valence electrons. The van der Waals surface area contributed by atoms with E-state index in [-0.39, 0.29) is 10.7 Å². The molecule has 0 spiro atoms. The Kier molecular flexibility index (Phi) is 3.57. The van der Waals surface area contributed by atoms with E-state index < -0.39 is 26.7 Å². The predicted molar refractivity (Wildman–Crippen MR) is 65.9 cm³/mol. The van der Waals surface area contributed by atoms with Crippen molar-refractivity contribution in [2.24, 2.45) is 0 Å². The summed E-state index contributed by atoms with van der Waals surface area (Å²) >= 11 is 0. The number of hydrogen-bond acceptors (Lipinski definition) is 6. The average Bonchev–Trinajstić information content (AvgIpc) is 2.38. The predicted octanol–water partition coefficient (Wildman–Crippen LogP) is 1.32. The van der Waals surface area contributed by atoms with Crippen LogP contribution in [0, 0.1) is 16.1 Å². The maximum Gasteiger partial charge on any atom is 0.363 e. The Morgan fingerprint density at radius 3 is 2.55 bits per heavy atom. The molecule has 0 fully saturated rings. The van der Waals surface area contributed by atoms with Gasteiger partial charge >= 0.3 is 5.82 Å². The van der Waals surface area contributed by atoms with Crippen molar-refractivity contribution in [3.63, 3.8) is 0 Å². The van der Waals surface area contributed by atoms with Gasteiger partial charge in [-0.1, -0.05) is 6.07 Å². The number of nitrogens with one attached hydrogen (secondary N) is 1. The van der Waals surface area contributed by atoms with E-state index in [4.69, 9.17) is 0 Å². The molecule has 10 heteroatoms. The molecule has 1 N–H and O–H groups in total. The van der Waals surface area contributed by atoms with Crippen LogP contribution in [0.1, 0.15) is 0 Å². The van der Waals surface area contributed by atoms with E-state index in [0.29, 0.717) is 0 Å². The third-order valence-electron chi connectivity index (χ3n) is 2.17. The highest BCUT2D eigenvalue weighted by molar-refractivity contribution is 7.92. The fraction of sp³-hybridized carbons (Fsp3) is 0. The van der Waals surface area contributed by atoms with Crippen LogP contribution in [0.5, 0.6) is 0 Å². The summed E-state index contributed by atoms with van der Waals surface area (Å²) in [6, 6.07) is 5.58. The second kappa shape index (κ2) is 5.17. The van der Waals surface area contributed by atoms with E-state index in [9.17, 15) is 22.9 Å². The van der Waals surface area contributed by atoms with Crippen LogP contribution >= 0.6 is 0 Å². The van der Waals surface area contributed by atoms with Gasteiger partial charge in [0.2, 0.25) is 5.95 Å². The monoisotopic (exact) mass is 298 g/mol. The first-order valence-electron chi connectivity index (χ1n) is 5.14. The van der Waals surface area contributed by atoms with Crippen LogP contribution in [0.25, 0.3) is 0 Å². The third-order valence-corrected chi connectivity index (χ3v) is 3.51. The summed E-state index contributed by atoms with van der Waals surface area (Å²) in [6.07, 6.45) is 0.833. The van der Waals surface area contributed by atoms with Crippen LogP contribution in [0.2, 0.25) is 0 Å². The van der Waals surface area contributed by atoms with Gasteiger partial charge in [0.1, 0.15) is 10.7 Å². The summed E-state index contributed by atoms with van der Waals surface area (Å²) in [4.78, 5) is 16.1. The van der Waals surface area contributed by atoms with E-state index in [2.05, 4.69) is 9.97 Å². The first-order valence-corrected chi connectivity index (χ1v) is 6.62. The Balaban J connectivity index is 2.28. The van der Waals surface area contributed by atoms with Crippen molar-refractivity contribution in [3.05, 3.63) is 52.6 Å². The molecule has 0 atom stereocenters.